The Kier molecular flexibility index (Phi) is 8.46. The molecule has 5 nitrogen and oxygen atoms in total. The summed E-state index contributed by atoms with van der Waals surface area (Å²) in [6.07, 6.45) is 1.78. The first-order valence-corrected chi connectivity index (χ1v) is 10.7. The first-order valence-electron chi connectivity index (χ1n) is 10.7. The maximum Gasteiger partial charge on any atom is 0.265 e. The number of nitrogens with one attached hydrogen (secondary N) is 2. The van der Waals surface area contributed by atoms with Crippen LogP contribution in [0.25, 0.3) is 0 Å². The van der Waals surface area contributed by atoms with Crippen molar-refractivity contribution in [2.45, 2.75) is 65.4 Å². The SMILES string of the molecule is CCCCNC(=O)c1ccccc1NC(=O)[C@H](CC)Oc1ccc(C(C)(C)C)cc1. The van der Waals surface area contributed by atoms with Crippen LogP contribution in [0.5, 0.6) is 5.75 Å². The third kappa shape index (κ3) is 6.61. The van der Waals surface area contributed by atoms with E-state index >= 15 is 0 Å². The van der Waals surface area contributed by atoms with Crippen LogP contribution < -0.4 is 15.4 Å². The summed E-state index contributed by atoms with van der Waals surface area (Å²) in [7, 11) is 0. The highest BCUT2D eigenvalue weighted by Crippen LogP contribution is 2.25. The van der Waals surface area contributed by atoms with Gasteiger partial charge >= 0.3 is 0 Å². The maximum absolute atomic E-state index is 12.8. The van der Waals surface area contributed by atoms with Gasteiger partial charge in [-0.15, -0.1) is 0 Å². The maximum atomic E-state index is 12.8. The largest absolute Gasteiger partial charge is 0.481 e. The number of amides is 2. The molecule has 5 heteroatoms. The van der Waals surface area contributed by atoms with Crippen molar-refractivity contribution in [2.75, 3.05) is 11.9 Å². The number of hydrogen-bond donors (Lipinski definition) is 2. The highest BCUT2D eigenvalue weighted by Gasteiger charge is 2.21. The quantitative estimate of drug-likeness (QED) is 0.551. The van der Waals surface area contributed by atoms with Crippen LogP contribution in [0, 0.1) is 0 Å². The van der Waals surface area contributed by atoms with E-state index in [1.54, 1.807) is 24.3 Å². The summed E-state index contributed by atoms with van der Waals surface area (Å²) in [5.41, 5.74) is 2.20. The predicted octanol–water partition coefficient (Wildman–Crippen LogP) is 5.31. The zero-order chi connectivity index (χ0) is 22.1. The van der Waals surface area contributed by atoms with Gasteiger partial charge in [0.2, 0.25) is 0 Å². The lowest BCUT2D eigenvalue weighted by Gasteiger charge is -2.21. The second kappa shape index (κ2) is 10.8. The molecule has 0 spiro atoms. The lowest BCUT2D eigenvalue weighted by atomic mass is 9.87. The fourth-order valence-corrected chi connectivity index (χ4v) is 3.00. The van der Waals surface area contributed by atoms with Gasteiger partial charge in [0, 0.05) is 6.54 Å². The molecule has 2 amide bonds. The molecule has 0 heterocycles. The van der Waals surface area contributed by atoms with Gasteiger partial charge in [0.05, 0.1) is 11.3 Å². The minimum atomic E-state index is -0.651. The van der Waals surface area contributed by atoms with Gasteiger partial charge in [-0.1, -0.05) is 65.3 Å². The molecule has 0 aliphatic heterocycles. The topological polar surface area (TPSA) is 67.4 Å². The monoisotopic (exact) mass is 410 g/mol. The second-order valence-corrected chi connectivity index (χ2v) is 8.43. The highest BCUT2D eigenvalue weighted by molar-refractivity contribution is 6.04. The Morgan fingerprint density at radius 1 is 1.00 bits per heavy atom. The van der Waals surface area contributed by atoms with E-state index in [0.717, 1.165) is 12.8 Å². The smallest absolute Gasteiger partial charge is 0.265 e. The van der Waals surface area contributed by atoms with Gasteiger partial charge in [-0.25, -0.2) is 0 Å². The van der Waals surface area contributed by atoms with Gasteiger partial charge in [0.25, 0.3) is 11.8 Å². The summed E-state index contributed by atoms with van der Waals surface area (Å²) in [6.45, 7) is 11.0. The number of para-hydroxylation sites is 1. The Balaban J connectivity index is 2.07. The molecule has 0 aliphatic carbocycles. The van der Waals surface area contributed by atoms with Crippen LogP contribution in [0.2, 0.25) is 0 Å². The fourth-order valence-electron chi connectivity index (χ4n) is 3.00. The molecule has 0 fully saturated rings. The number of rotatable bonds is 9. The van der Waals surface area contributed by atoms with Gasteiger partial charge in [-0.05, 0) is 48.1 Å². The van der Waals surface area contributed by atoms with Crippen molar-refractivity contribution >= 4 is 17.5 Å². The van der Waals surface area contributed by atoms with Crippen LogP contribution in [0.15, 0.2) is 48.5 Å². The Labute approximate surface area is 180 Å². The van der Waals surface area contributed by atoms with E-state index in [4.69, 9.17) is 4.74 Å². The molecule has 0 bridgehead atoms. The number of carbonyl (C=O) groups excluding carboxylic acids is 2. The van der Waals surface area contributed by atoms with E-state index in [-0.39, 0.29) is 17.2 Å². The van der Waals surface area contributed by atoms with E-state index in [2.05, 4.69) is 38.3 Å². The van der Waals surface area contributed by atoms with Crippen molar-refractivity contribution in [3.63, 3.8) is 0 Å². The Morgan fingerprint density at radius 3 is 2.27 bits per heavy atom. The van der Waals surface area contributed by atoms with Gasteiger partial charge in [0.15, 0.2) is 6.10 Å². The Morgan fingerprint density at radius 2 is 1.67 bits per heavy atom. The van der Waals surface area contributed by atoms with E-state index < -0.39 is 6.10 Å². The highest BCUT2D eigenvalue weighted by atomic mass is 16.5. The standard InChI is InChI=1S/C25H34N2O3/c1-6-8-17-26-23(28)20-11-9-10-12-21(20)27-24(29)22(7-2)30-19-15-13-18(14-16-19)25(3,4)5/h9-16,22H,6-8,17H2,1-5H3,(H,26,28)(H,27,29)/t22-/m0/s1. The van der Waals surface area contributed by atoms with E-state index in [1.165, 1.54) is 5.56 Å². The van der Waals surface area contributed by atoms with Crippen molar-refractivity contribution in [2.24, 2.45) is 0 Å². The normalized spacial score (nSPS) is 12.2. The molecule has 0 saturated carbocycles. The molecule has 1 atom stereocenters. The zero-order valence-corrected chi connectivity index (χ0v) is 18.7. The first kappa shape index (κ1) is 23.5. The molecule has 0 unspecified atom stereocenters. The number of benzene rings is 2. The third-order valence-corrected chi connectivity index (χ3v) is 4.91. The minimum Gasteiger partial charge on any atom is -0.481 e. The molecule has 0 saturated heterocycles. The van der Waals surface area contributed by atoms with Crippen LogP contribution in [0.1, 0.15) is 69.8 Å². The minimum absolute atomic E-state index is 0.0570. The number of hydrogen-bond acceptors (Lipinski definition) is 3. The van der Waals surface area contributed by atoms with Gasteiger partial charge < -0.3 is 15.4 Å². The average molecular weight is 411 g/mol. The Hall–Kier alpha value is -2.82. The number of carbonyl (C=O) groups is 2. The van der Waals surface area contributed by atoms with Gasteiger partial charge in [-0.3, -0.25) is 9.59 Å². The predicted molar refractivity (Wildman–Crippen MR) is 122 cm³/mol. The zero-order valence-electron chi connectivity index (χ0n) is 18.7. The van der Waals surface area contributed by atoms with Crippen molar-refractivity contribution < 1.29 is 14.3 Å². The molecule has 2 N–H and O–H groups in total. The van der Waals surface area contributed by atoms with E-state index in [1.807, 2.05) is 31.2 Å². The molecule has 2 rings (SSSR count). The van der Waals surface area contributed by atoms with Gasteiger partial charge in [0.1, 0.15) is 5.75 Å². The Bertz CT molecular complexity index is 838. The summed E-state index contributed by atoms with van der Waals surface area (Å²) in [5.74, 6) is 0.188. The summed E-state index contributed by atoms with van der Waals surface area (Å²) >= 11 is 0. The molecular formula is C25H34N2O3. The lowest BCUT2D eigenvalue weighted by molar-refractivity contribution is -0.122. The second-order valence-electron chi connectivity index (χ2n) is 8.43. The molecule has 162 valence electrons. The summed E-state index contributed by atoms with van der Waals surface area (Å²) < 4.78 is 5.93. The third-order valence-electron chi connectivity index (χ3n) is 4.91. The van der Waals surface area contributed by atoms with Crippen molar-refractivity contribution in [1.29, 1.82) is 0 Å². The molecular weight excluding hydrogens is 376 g/mol. The molecule has 2 aromatic rings. The number of unbranched alkanes of at least 4 members (excludes halogenated alkanes) is 1. The lowest BCUT2D eigenvalue weighted by Crippen LogP contribution is -2.33. The molecule has 30 heavy (non-hydrogen) atoms. The van der Waals surface area contributed by atoms with E-state index in [9.17, 15) is 9.59 Å². The molecule has 0 aliphatic rings. The van der Waals surface area contributed by atoms with Crippen LogP contribution >= 0.6 is 0 Å². The molecule has 0 radical (unpaired) electrons. The summed E-state index contributed by atoms with van der Waals surface area (Å²) in [6, 6.07) is 14.9. The molecule has 0 aromatic heterocycles. The fraction of sp³-hybridized carbons (Fsp3) is 0.440. The first-order chi connectivity index (χ1) is 14.3. The van der Waals surface area contributed by atoms with Gasteiger partial charge in [-0.2, -0.15) is 0 Å². The van der Waals surface area contributed by atoms with Crippen LogP contribution in [-0.2, 0) is 10.2 Å². The van der Waals surface area contributed by atoms with Crippen molar-refractivity contribution in [3.8, 4) is 5.75 Å². The van der Waals surface area contributed by atoms with E-state index in [0.29, 0.717) is 30.0 Å². The van der Waals surface area contributed by atoms with Crippen LogP contribution in [0.3, 0.4) is 0 Å². The van der Waals surface area contributed by atoms with Crippen molar-refractivity contribution in [3.05, 3.63) is 59.7 Å². The van der Waals surface area contributed by atoms with Crippen LogP contribution in [0.4, 0.5) is 5.69 Å². The summed E-state index contributed by atoms with van der Waals surface area (Å²) in [4.78, 5) is 25.3. The average Bonchev–Trinajstić information content (AvgIpc) is 2.72. The summed E-state index contributed by atoms with van der Waals surface area (Å²) in [5, 5.41) is 5.76. The number of anilines is 1. The van der Waals surface area contributed by atoms with Crippen molar-refractivity contribution in [1.82, 2.24) is 5.32 Å². The number of ether oxygens (including phenoxy) is 1. The molecule has 2 aromatic carbocycles. The van der Waals surface area contributed by atoms with Crippen LogP contribution in [-0.4, -0.2) is 24.5 Å².